The van der Waals surface area contributed by atoms with Gasteiger partial charge in [-0.25, -0.2) is 13.4 Å². The molecule has 1 fully saturated rings. The van der Waals surface area contributed by atoms with Gasteiger partial charge < -0.3 is 9.88 Å². The molecule has 2 aromatic heterocycles. The first kappa shape index (κ1) is 17.7. The molecule has 9 nitrogen and oxygen atoms in total. The lowest BCUT2D eigenvalue weighted by atomic mass is 10.2. The Bertz CT molecular complexity index is 1340. The topological polar surface area (TPSA) is 113 Å². The van der Waals surface area contributed by atoms with Gasteiger partial charge in [0.05, 0.1) is 34.3 Å². The highest BCUT2D eigenvalue weighted by Gasteiger charge is 2.28. The van der Waals surface area contributed by atoms with E-state index < -0.39 is 10.0 Å². The van der Waals surface area contributed by atoms with Crippen molar-refractivity contribution < 1.29 is 13.2 Å². The van der Waals surface area contributed by atoms with Crippen molar-refractivity contribution in [3.8, 4) is 0 Å². The van der Waals surface area contributed by atoms with E-state index in [1.165, 1.54) is 4.31 Å². The van der Waals surface area contributed by atoms with E-state index in [1.807, 2.05) is 24.3 Å². The van der Waals surface area contributed by atoms with Gasteiger partial charge in [0.1, 0.15) is 6.54 Å². The van der Waals surface area contributed by atoms with Crippen LogP contribution < -0.4 is 9.62 Å². The number of H-pyrrole nitrogens is 1. The van der Waals surface area contributed by atoms with Gasteiger partial charge in [-0.15, -0.1) is 0 Å². The summed E-state index contributed by atoms with van der Waals surface area (Å²) < 4.78 is 27.6. The second kappa shape index (κ2) is 6.59. The average Bonchev–Trinajstić information content (AvgIpc) is 3.39. The molecule has 148 valence electrons. The SMILES string of the molecule is O=C(Cn1cnc2ccccc21)Nc1n[nH]c2ccc(N3CCCS3(=O)=O)cc12. The van der Waals surface area contributed by atoms with Crippen LogP contribution in [0, 0.1) is 0 Å². The number of amides is 1. The van der Waals surface area contributed by atoms with E-state index in [1.54, 1.807) is 29.1 Å². The average molecular weight is 410 g/mol. The van der Waals surface area contributed by atoms with E-state index in [0.717, 1.165) is 11.0 Å². The van der Waals surface area contributed by atoms with Crippen molar-refractivity contribution >= 4 is 49.4 Å². The number of carbonyl (C=O) groups is 1. The fourth-order valence-corrected chi connectivity index (χ4v) is 5.20. The number of benzene rings is 2. The first-order valence-electron chi connectivity index (χ1n) is 9.19. The highest BCUT2D eigenvalue weighted by molar-refractivity contribution is 7.93. The van der Waals surface area contributed by atoms with Crippen LogP contribution in [-0.4, -0.2) is 46.4 Å². The number of rotatable bonds is 4. The minimum atomic E-state index is -3.28. The van der Waals surface area contributed by atoms with Crippen LogP contribution in [0.25, 0.3) is 21.9 Å². The number of para-hydroxylation sites is 2. The number of nitrogens with one attached hydrogen (secondary N) is 2. The molecular formula is C19H18N6O3S. The Morgan fingerprint density at radius 2 is 2.07 bits per heavy atom. The first-order valence-corrected chi connectivity index (χ1v) is 10.8. The summed E-state index contributed by atoms with van der Waals surface area (Å²) in [6, 6.07) is 12.8. The number of nitrogens with zero attached hydrogens (tertiary/aromatic N) is 4. The number of carbonyl (C=O) groups excluding carboxylic acids is 1. The van der Waals surface area contributed by atoms with E-state index in [9.17, 15) is 13.2 Å². The molecule has 2 aromatic carbocycles. The number of fused-ring (bicyclic) bond motifs is 2. The zero-order valence-corrected chi connectivity index (χ0v) is 16.2. The molecule has 1 aliphatic heterocycles. The maximum Gasteiger partial charge on any atom is 0.245 e. The van der Waals surface area contributed by atoms with Crippen LogP contribution in [0.5, 0.6) is 0 Å². The van der Waals surface area contributed by atoms with Crippen LogP contribution in [0.3, 0.4) is 0 Å². The van der Waals surface area contributed by atoms with Gasteiger partial charge in [0.25, 0.3) is 0 Å². The molecule has 1 amide bonds. The maximum atomic E-state index is 12.6. The zero-order valence-electron chi connectivity index (χ0n) is 15.4. The molecule has 1 aliphatic rings. The lowest BCUT2D eigenvalue weighted by Gasteiger charge is -2.16. The lowest BCUT2D eigenvalue weighted by Crippen LogP contribution is -2.24. The third-order valence-electron chi connectivity index (χ3n) is 5.03. The molecule has 3 heterocycles. The van der Waals surface area contributed by atoms with Crippen molar-refractivity contribution in [1.82, 2.24) is 19.7 Å². The quantitative estimate of drug-likeness (QED) is 0.535. The van der Waals surface area contributed by atoms with Gasteiger partial charge in [0, 0.05) is 11.9 Å². The van der Waals surface area contributed by atoms with E-state index in [0.29, 0.717) is 35.4 Å². The molecule has 4 aromatic rings. The van der Waals surface area contributed by atoms with Gasteiger partial charge in [0.15, 0.2) is 5.82 Å². The van der Waals surface area contributed by atoms with Gasteiger partial charge >= 0.3 is 0 Å². The number of aromatic nitrogens is 4. The van der Waals surface area contributed by atoms with E-state index in [4.69, 9.17) is 0 Å². The normalized spacial score (nSPS) is 15.9. The molecule has 0 bridgehead atoms. The summed E-state index contributed by atoms with van der Waals surface area (Å²) in [5.41, 5.74) is 2.99. The van der Waals surface area contributed by atoms with E-state index in [2.05, 4.69) is 20.5 Å². The van der Waals surface area contributed by atoms with Crippen molar-refractivity contribution in [2.24, 2.45) is 0 Å². The molecule has 10 heteroatoms. The Kier molecular flexibility index (Phi) is 4.02. The van der Waals surface area contributed by atoms with E-state index >= 15 is 0 Å². The third-order valence-corrected chi connectivity index (χ3v) is 6.90. The summed E-state index contributed by atoms with van der Waals surface area (Å²) in [6.45, 7) is 0.552. The van der Waals surface area contributed by atoms with Gasteiger partial charge in [-0.05, 0) is 36.8 Å². The second-order valence-corrected chi connectivity index (χ2v) is 8.97. The third kappa shape index (κ3) is 3.11. The fraction of sp³-hybridized carbons (Fsp3) is 0.211. The predicted octanol–water partition coefficient (Wildman–Crippen LogP) is 2.09. The highest BCUT2D eigenvalue weighted by Crippen LogP contribution is 2.30. The zero-order chi connectivity index (χ0) is 20.0. The Labute approximate surface area is 166 Å². The van der Waals surface area contributed by atoms with Crippen LogP contribution in [-0.2, 0) is 21.4 Å². The molecular weight excluding hydrogens is 392 g/mol. The maximum absolute atomic E-state index is 12.6. The molecule has 0 radical (unpaired) electrons. The van der Waals surface area contributed by atoms with Crippen molar-refractivity contribution in [3.05, 3.63) is 48.8 Å². The van der Waals surface area contributed by atoms with Crippen molar-refractivity contribution in [2.75, 3.05) is 21.9 Å². The van der Waals surface area contributed by atoms with Crippen molar-refractivity contribution in [3.63, 3.8) is 0 Å². The molecule has 0 unspecified atom stereocenters. The summed E-state index contributed by atoms with van der Waals surface area (Å²) in [5, 5.41) is 10.5. The highest BCUT2D eigenvalue weighted by atomic mass is 32.2. The molecule has 29 heavy (non-hydrogen) atoms. The number of hydrogen-bond donors (Lipinski definition) is 2. The number of anilines is 2. The van der Waals surface area contributed by atoms with Crippen LogP contribution >= 0.6 is 0 Å². The summed E-state index contributed by atoms with van der Waals surface area (Å²) in [4.78, 5) is 16.9. The van der Waals surface area contributed by atoms with Gasteiger partial charge in [0.2, 0.25) is 15.9 Å². The molecule has 1 saturated heterocycles. The summed E-state index contributed by atoms with van der Waals surface area (Å²) in [7, 11) is -3.28. The smallest absolute Gasteiger partial charge is 0.245 e. The summed E-state index contributed by atoms with van der Waals surface area (Å²) in [6.07, 6.45) is 2.23. The molecule has 0 spiro atoms. The van der Waals surface area contributed by atoms with Crippen molar-refractivity contribution in [1.29, 1.82) is 0 Å². The minimum Gasteiger partial charge on any atom is -0.321 e. The van der Waals surface area contributed by atoms with Gasteiger partial charge in [-0.2, -0.15) is 5.10 Å². The van der Waals surface area contributed by atoms with Crippen molar-refractivity contribution in [2.45, 2.75) is 13.0 Å². The molecule has 0 aliphatic carbocycles. The van der Waals surface area contributed by atoms with Gasteiger partial charge in [-0.1, -0.05) is 12.1 Å². The fourth-order valence-electron chi connectivity index (χ4n) is 3.64. The molecule has 2 N–H and O–H groups in total. The number of imidazole rings is 1. The second-order valence-electron chi connectivity index (χ2n) is 6.95. The van der Waals surface area contributed by atoms with Crippen LogP contribution in [0.4, 0.5) is 11.5 Å². The largest absolute Gasteiger partial charge is 0.321 e. The summed E-state index contributed by atoms with van der Waals surface area (Å²) in [5.74, 6) is 0.271. The summed E-state index contributed by atoms with van der Waals surface area (Å²) >= 11 is 0. The number of hydrogen-bond acceptors (Lipinski definition) is 5. The van der Waals surface area contributed by atoms with Crippen LogP contribution in [0.15, 0.2) is 48.8 Å². The minimum absolute atomic E-state index is 0.0923. The first-order chi connectivity index (χ1) is 14.0. The van der Waals surface area contributed by atoms with Crippen LogP contribution in [0.1, 0.15) is 6.42 Å². The number of aromatic amines is 1. The Balaban J connectivity index is 1.41. The van der Waals surface area contributed by atoms with E-state index in [-0.39, 0.29) is 18.2 Å². The predicted molar refractivity (Wildman–Crippen MR) is 110 cm³/mol. The Hall–Kier alpha value is -3.40. The monoisotopic (exact) mass is 410 g/mol. The Morgan fingerprint density at radius 3 is 2.90 bits per heavy atom. The molecule has 0 saturated carbocycles. The van der Waals surface area contributed by atoms with Crippen LogP contribution in [0.2, 0.25) is 0 Å². The standard InChI is InChI=1S/C19H18N6O3S/c26-18(11-24-12-20-16-4-1-2-5-17(16)24)21-19-14-10-13(6-7-15(14)22-23-19)25-8-3-9-29(25,27)28/h1-2,4-7,10,12H,3,8-9,11H2,(H2,21,22,23,26). The lowest BCUT2D eigenvalue weighted by molar-refractivity contribution is -0.116. The van der Waals surface area contributed by atoms with Gasteiger partial charge in [-0.3, -0.25) is 14.2 Å². The molecule has 0 atom stereocenters. The Morgan fingerprint density at radius 1 is 1.21 bits per heavy atom. The molecule has 5 rings (SSSR count). The number of sulfonamides is 1.